The van der Waals surface area contributed by atoms with Crippen LogP contribution in [0.25, 0.3) is 11.6 Å². The van der Waals surface area contributed by atoms with E-state index in [2.05, 4.69) is 20.1 Å². The van der Waals surface area contributed by atoms with Crippen LogP contribution >= 0.6 is 0 Å². The van der Waals surface area contributed by atoms with Crippen molar-refractivity contribution in [3.8, 4) is 11.6 Å². The second-order valence-electron chi connectivity index (χ2n) is 5.21. The third-order valence-electron chi connectivity index (χ3n) is 3.28. The quantitative estimate of drug-likeness (QED) is 0.840. The molecule has 0 amide bonds. The molecule has 0 aliphatic heterocycles. The molecule has 0 bridgehead atoms. The van der Waals surface area contributed by atoms with Gasteiger partial charge >= 0.3 is 0 Å². The molecule has 6 nitrogen and oxygen atoms in total. The third kappa shape index (κ3) is 1.95. The van der Waals surface area contributed by atoms with Crippen molar-refractivity contribution in [2.24, 2.45) is 5.73 Å². The molecule has 2 heterocycles. The first-order valence-electron chi connectivity index (χ1n) is 5.45. The molecule has 0 aliphatic rings. The van der Waals surface area contributed by atoms with Gasteiger partial charge in [0.25, 0.3) is 0 Å². The van der Waals surface area contributed by atoms with Crippen molar-refractivity contribution in [1.82, 2.24) is 20.1 Å². The summed E-state index contributed by atoms with van der Waals surface area (Å²) in [6.45, 7) is 7.83. The number of hydrogen-bond donors (Lipinski definition) is 2. The Balaban J connectivity index is 2.37. The van der Waals surface area contributed by atoms with E-state index < -0.39 is 11.0 Å². The summed E-state index contributed by atoms with van der Waals surface area (Å²) in [7, 11) is 0. The van der Waals surface area contributed by atoms with Crippen molar-refractivity contribution >= 4 is 0 Å². The zero-order valence-electron chi connectivity index (χ0n) is 10.5. The van der Waals surface area contributed by atoms with Crippen LogP contribution in [0.1, 0.15) is 33.6 Å². The number of nitrogens with two attached hydrogens (primary N) is 1. The summed E-state index contributed by atoms with van der Waals surface area (Å²) < 4.78 is 5.28. The van der Waals surface area contributed by atoms with Gasteiger partial charge in [-0.1, -0.05) is 5.16 Å². The molecule has 0 saturated heterocycles. The van der Waals surface area contributed by atoms with Gasteiger partial charge in [-0.15, -0.1) is 0 Å². The zero-order chi connectivity index (χ0) is 12.7. The van der Waals surface area contributed by atoms with Crippen LogP contribution in [0.4, 0.5) is 0 Å². The largest absolute Gasteiger partial charge is 0.342 e. The number of aromatic nitrogens is 4. The van der Waals surface area contributed by atoms with Crippen LogP contribution in [0, 0.1) is 0 Å². The second-order valence-corrected chi connectivity index (χ2v) is 5.21. The first-order valence-corrected chi connectivity index (χ1v) is 5.45. The second kappa shape index (κ2) is 3.66. The number of nitrogens with one attached hydrogen (secondary N) is 1. The summed E-state index contributed by atoms with van der Waals surface area (Å²) in [5, 5.41) is 3.90. The van der Waals surface area contributed by atoms with E-state index in [9.17, 15) is 0 Å². The minimum Gasteiger partial charge on any atom is -0.342 e. The van der Waals surface area contributed by atoms with Crippen molar-refractivity contribution in [1.29, 1.82) is 0 Å². The van der Waals surface area contributed by atoms with Crippen molar-refractivity contribution in [3.63, 3.8) is 0 Å². The Morgan fingerprint density at radius 3 is 2.53 bits per heavy atom. The Bertz CT molecular complexity index is 492. The fourth-order valence-electron chi connectivity index (χ4n) is 1.24. The van der Waals surface area contributed by atoms with Gasteiger partial charge in [0.1, 0.15) is 0 Å². The summed E-state index contributed by atoms with van der Waals surface area (Å²) in [6.07, 6.45) is 3.35. The summed E-state index contributed by atoms with van der Waals surface area (Å²) in [6, 6.07) is 0. The minimum absolute atomic E-state index is 0.412. The lowest BCUT2D eigenvalue weighted by Gasteiger charge is -2.34. The molecule has 0 aliphatic carbocycles. The van der Waals surface area contributed by atoms with Crippen LogP contribution in [0.3, 0.4) is 0 Å². The molecule has 0 atom stereocenters. The van der Waals surface area contributed by atoms with Gasteiger partial charge < -0.3 is 15.2 Å². The molecule has 2 aromatic rings. The Morgan fingerprint density at radius 2 is 2.00 bits per heavy atom. The summed E-state index contributed by atoms with van der Waals surface area (Å²) in [4.78, 5) is 11.3. The predicted octanol–water partition coefficient (Wildman–Crippen LogP) is 1.47. The number of hydrogen-bond acceptors (Lipinski definition) is 5. The van der Waals surface area contributed by atoms with Crippen LogP contribution in [0.5, 0.6) is 0 Å². The third-order valence-corrected chi connectivity index (χ3v) is 3.28. The van der Waals surface area contributed by atoms with Gasteiger partial charge in [0, 0.05) is 17.9 Å². The lowest BCUT2D eigenvalue weighted by Crippen LogP contribution is -2.50. The molecule has 0 fully saturated rings. The van der Waals surface area contributed by atoms with Crippen LogP contribution in [-0.2, 0) is 5.41 Å². The smallest absolute Gasteiger partial charge is 0.238 e. The van der Waals surface area contributed by atoms with Crippen molar-refractivity contribution in [3.05, 3.63) is 18.3 Å². The Labute approximate surface area is 99.6 Å². The van der Waals surface area contributed by atoms with Gasteiger partial charge in [-0.2, -0.15) is 4.98 Å². The fourth-order valence-corrected chi connectivity index (χ4v) is 1.24. The maximum absolute atomic E-state index is 6.12. The van der Waals surface area contributed by atoms with Gasteiger partial charge in [0.2, 0.25) is 11.7 Å². The zero-order valence-corrected chi connectivity index (χ0v) is 10.5. The maximum Gasteiger partial charge on any atom is 0.238 e. The van der Waals surface area contributed by atoms with E-state index in [0.29, 0.717) is 17.5 Å². The molecule has 0 aromatic carbocycles. The van der Waals surface area contributed by atoms with Gasteiger partial charge in [-0.25, -0.2) is 4.98 Å². The van der Waals surface area contributed by atoms with E-state index in [4.69, 9.17) is 10.3 Å². The lowest BCUT2D eigenvalue weighted by molar-refractivity contribution is 0.223. The molecule has 0 radical (unpaired) electrons. The SMILES string of the molecule is CC(C)(N)C(C)(C)c1nc(-c2ncc[nH]2)no1. The van der Waals surface area contributed by atoms with E-state index >= 15 is 0 Å². The molecule has 3 N–H and O–H groups in total. The number of imidazole rings is 1. The molecule has 17 heavy (non-hydrogen) atoms. The van der Waals surface area contributed by atoms with Gasteiger partial charge in [-0.05, 0) is 27.7 Å². The average Bonchev–Trinajstić information content (AvgIpc) is 2.87. The van der Waals surface area contributed by atoms with Crippen LogP contribution < -0.4 is 5.73 Å². The van der Waals surface area contributed by atoms with Crippen LogP contribution in [-0.4, -0.2) is 25.6 Å². The highest BCUT2D eigenvalue weighted by Gasteiger charge is 2.40. The summed E-state index contributed by atoms with van der Waals surface area (Å²) in [5.41, 5.74) is 5.25. The summed E-state index contributed by atoms with van der Waals surface area (Å²) in [5.74, 6) is 1.55. The monoisotopic (exact) mass is 235 g/mol. The van der Waals surface area contributed by atoms with E-state index in [-0.39, 0.29) is 0 Å². The van der Waals surface area contributed by atoms with Crippen LogP contribution in [0.2, 0.25) is 0 Å². The molecule has 2 rings (SSSR count). The molecule has 0 spiro atoms. The van der Waals surface area contributed by atoms with Gasteiger partial charge in [-0.3, -0.25) is 0 Å². The minimum atomic E-state index is -0.458. The van der Waals surface area contributed by atoms with E-state index in [1.807, 2.05) is 27.7 Å². The highest BCUT2D eigenvalue weighted by Crippen LogP contribution is 2.32. The molecule has 92 valence electrons. The molecule has 0 unspecified atom stereocenters. The van der Waals surface area contributed by atoms with E-state index in [1.54, 1.807) is 12.4 Å². The number of aromatic amines is 1. The first-order chi connectivity index (χ1) is 7.82. The highest BCUT2D eigenvalue weighted by atomic mass is 16.5. The molecular weight excluding hydrogens is 218 g/mol. The standard InChI is InChI=1S/C11H17N5O/c1-10(2,11(3,4)12)9-15-8(16-17-9)7-13-5-6-14-7/h5-6H,12H2,1-4H3,(H,13,14). The molecule has 0 saturated carbocycles. The van der Waals surface area contributed by atoms with Crippen molar-refractivity contribution in [2.75, 3.05) is 0 Å². The van der Waals surface area contributed by atoms with Crippen LogP contribution in [0.15, 0.2) is 16.9 Å². The summed E-state index contributed by atoms with van der Waals surface area (Å²) >= 11 is 0. The highest BCUT2D eigenvalue weighted by molar-refractivity contribution is 5.41. The molecule has 6 heteroatoms. The fraction of sp³-hybridized carbons (Fsp3) is 0.545. The Hall–Kier alpha value is -1.69. The average molecular weight is 235 g/mol. The topological polar surface area (TPSA) is 93.6 Å². The number of nitrogens with zero attached hydrogens (tertiary/aromatic N) is 3. The lowest BCUT2D eigenvalue weighted by atomic mass is 9.75. The Kier molecular flexibility index (Phi) is 2.54. The van der Waals surface area contributed by atoms with Gasteiger partial charge in [0.05, 0.1) is 5.41 Å². The Morgan fingerprint density at radius 1 is 1.29 bits per heavy atom. The molecular formula is C11H17N5O. The van der Waals surface area contributed by atoms with Crippen molar-refractivity contribution < 1.29 is 4.52 Å². The molecule has 2 aromatic heterocycles. The van der Waals surface area contributed by atoms with Crippen molar-refractivity contribution in [2.45, 2.75) is 38.6 Å². The first kappa shape index (κ1) is 11.8. The van der Waals surface area contributed by atoms with E-state index in [1.165, 1.54) is 0 Å². The van der Waals surface area contributed by atoms with E-state index in [0.717, 1.165) is 0 Å². The number of rotatable bonds is 3. The van der Waals surface area contributed by atoms with Gasteiger partial charge in [0.15, 0.2) is 5.82 Å². The predicted molar refractivity (Wildman–Crippen MR) is 63.2 cm³/mol. The maximum atomic E-state index is 6.12. The number of H-pyrrole nitrogens is 1. The normalized spacial score (nSPS) is 13.0.